The Labute approximate surface area is 261 Å². The highest BCUT2D eigenvalue weighted by atomic mass is 16.8. The molecule has 0 bridgehead atoms. The maximum Gasteiger partial charge on any atom is 0.535 e. The summed E-state index contributed by atoms with van der Waals surface area (Å²) in [7, 11) is 0. The third-order valence-electron chi connectivity index (χ3n) is 7.72. The second kappa shape index (κ2) is 14.8. The molecule has 3 aromatic carbocycles. The Morgan fingerprint density at radius 2 is 1.89 bits per heavy atom. The number of amides is 2. The lowest BCUT2D eigenvalue weighted by Crippen LogP contribution is -2.28. The van der Waals surface area contributed by atoms with Crippen molar-refractivity contribution in [3.05, 3.63) is 89.5 Å². The second-order valence-electron chi connectivity index (χ2n) is 11.1. The Bertz CT molecular complexity index is 1670. The minimum absolute atomic E-state index is 0.00273. The number of nitrogens with two attached hydrogens (primary N) is 2. The van der Waals surface area contributed by atoms with Gasteiger partial charge in [0.2, 0.25) is 5.91 Å². The monoisotopic (exact) mass is 612 g/mol. The molecule has 12 nitrogen and oxygen atoms in total. The van der Waals surface area contributed by atoms with Crippen molar-refractivity contribution in [2.45, 2.75) is 51.0 Å². The maximum atomic E-state index is 13.2. The Balaban J connectivity index is 1.34. The van der Waals surface area contributed by atoms with Gasteiger partial charge >= 0.3 is 6.16 Å². The molecule has 1 heterocycles. The van der Waals surface area contributed by atoms with Crippen LogP contribution in [-0.2, 0) is 16.0 Å². The van der Waals surface area contributed by atoms with Gasteiger partial charge in [0.05, 0.1) is 0 Å². The molecule has 0 saturated heterocycles. The Hall–Kier alpha value is -4.81. The quantitative estimate of drug-likeness (QED) is 0.0721. The van der Waals surface area contributed by atoms with E-state index in [-0.39, 0.29) is 30.4 Å². The van der Waals surface area contributed by atoms with Crippen molar-refractivity contribution in [3.8, 4) is 11.1 Å². The second-order valence-corrected chi connectivity index (χ2v) is 11.1. The number of hydrogen-bond acceptors (Lipinski definition) is 9. The molecule has 1 aliphatic rings. The van der Waals surface area contributed by atoms with Crippen molar-refractivity contribution in [1.29, 1.82) is 0 Å². The Morgan fingerprint density at radius 1 is 1.04 bits per heavy atom. The number of nitrogens with zero attached hydrogens (tertiary/aromatic N) is 3. The van der Waals surface area contributed by atoms with Crippen LogP contribution in [0.4, 0.5) is 4.79 Å². The number of carbonyl (C=O) groups is 3. The SMILES string of the molecule is CC(N)CCNC(=O)CCCc1ccc2c(c1)C(COC(=O)On1nnc3ccccc31)c1cccc(C(=O)NCC[CH-]N)c1-2. The van der Waals surface area contributed by atoms with Gasteiger partial charge in [-0.25, -0.2) is 4.79 Å². The van der Waals surface area contributed by atoms with Crippen molar-refractivity contribution in [2.24, 2.45) is 11.5 Å². The first-order valence-electron chi connectivity index (χ1n) is 15.1. The molecule has 4 aromatic rings. The van der Waals surface area contributed by atoms with Gasteiger partial charge in [-0.2, -0.15) is 0 Å². The predicted molar refractivity (Wildman–Crippen MR) is 169 cm³/mol. The summed E-state index contributed by atoms with van der Waals surface area (Å²) in [6.07, 6.45) is 2.09. The average Bonchev–Trinajstić information content (AvgIpc) is 3.58. The lowest BCUT2D eigenvalue weighted by Gasteiger charge is -2.15. The molecule has 2 amide bonds. The molecule has 0 radical (unpaired) electrons. The third-order valence-corrected chi connectivity index (χ3v) is 7.72. The van der Waals surface area contributed by atoms with E-state index in [1.807, 2.05) is 37.3 Å². The molecule has 1 aliphatic carbocycles. The largest absolute Gasteiger partial charge is 0.535 e. The molecule has 2 unspecified atom stereocenters. The first-order valence-corrected chi connectivity index (χ1v) is 15.1. The summed E-state index contributed by atoms with van der Waals surface area (Å²) in [5.41, 5.74) is 17.4. The number of hydrogen-bond donors (Lipinski definition) is 4. The highest BCUT2D eigenvalue weighted by Crippen LogP contribution is 2.47. The zero-order valence-corrected chi connectivity index (χ0v) is 25.2. The molecule has 0 fully saturated rings. The molecule has 5 rings (SSSR count). The minimum atomic E-state index is -0.932. The first-order chi connectivity index (χ1) is 21.9. The molecule has 12 heteroatoms. The van der Waals surface area contributed by atoms with E-state index in [4.69, 9.17) is 21.0 Å². The standard InChI is InChI=1S/C33H38N7O5/c1-21(35)15-18-36-30(41)12-4-7-22-13-14-24-26(19-22)27(23-8-5-9-25(31(23)24)32(42)37-17-6-16-34)20-44-33(43)45-40-29-11-3-2-10-28(29)38-39-40/h2-3,5,8-11,13-14,16,19,21,27H,4,6-7,12,15,17-18,20,34-35H2,1H3,(H,36,41)(H,37,42)/q-1. The van der Waals surface area contributed by atoms with E-state index in [0.29, 0.717) is 55.4 Å². The maximum absolute atomic E-state index is 13.2. The molecule has 0 aliphatic heterocycles. The number of carbonyl (C=O) groups excluding carboxylic acids is 3. The highest BCUT2D eigenvalue weighted by molar-refractivity contribution is 6.03. The fourth-order valence-corrected chi connectivity index (χ4v) is 5.49. The van der Waals surface area contributed by atoms with Gasteiger partial charge in [0, 0.05) is 30.5 Å². The van der Waals surface area contributed by atoms with E-state index in [1.54, 1.807) is 24.3 Å². The zero-order chi connectivity index (χ0) is 31.8. The van der Waals surface area contributed by atoms with Crippen molar-refractivity contribution in [3.63, 3.8) is 0 Å². The van der Waals surface area contributed by atoms with Gasteiger partial charge in [0.1, 0.15) is 17.6 Å². The summed E-state index contributed by atoms with van der Waals surface area (Å²) in [6, 6.07) is 18.8. The summed E-state index contributed by atoms with van der Waals surface area (Å²) in [6.45, 7) is 4.37. The van der Waals surface area contributed by atoms with Crippen molar-refractivity contribution in [2.75, 3.05) is 19.7 Å². The third kappa shape index (κ3) is 7.65. The molecular formula is C33H38N7O5-. The Morgan fingerprint density at radius 3 is 2.71 bits per heavy atom. The lowest BCUT2D eigenvalue weighted by molar-refractivity contribution is -0.121. The molecule has 6 N–H and O–H groups in total. The van der Waals surface area contributed by atoms with E-state index < -0.39 is 6.16 Å². The van der Waals surface area contributed by atoms with Gasteiger partial charge in [-0.1, -0.05) is 47.3 Å². The number of aromatic nitrogens is 3. The van der Waals surface area contributed by atoms with Crippen LogP contribution in [0.5, 0.6) is 0 Å². The lowest BCUT2D eigenvalue weighted by atomic mass is 9.95. The van der Waals surface area contributed by atoms with Crippen LogP contribution in [0.2, 0.25) is 0 Å². The van der Waals surface area contributed by atoms with E-state index in [1.165, 1.54) is 6.54 Å². The summed E-state index contributed by atoms with van der Waals surface area (Å²) >= 11 is 0. The highest BCUT2D eigenvalue weighted by Gasteiger charge is 2.33. The van der Waals surface area contributed by atoms with Crippen LogP contribution in [0.25, 0.3) is 22.2 Å². The normalized spacial score (nSPS) is 14.0. The van der Waals surface area contributed by atoms with E-state index in [2.05, 4.69) is 27.0 Å². The molecular weight excluding hydrogens is 574 g/mol. The van der Waals surface area contributed by atoms with Crippen LogP contribution in [0.1, 0.15) is 65.6 Å². The fourth-order valence-electron chi connectivity index (χ4n) is 5.49. The van der Waals surface area contributed by atoms with Crippen LogP contribution in [0.15, 0.2) is 60.7 Å². The van der Waals surface area contributed by atoms with E-state index in [9.17, 15) is 14.4 Å². The summed E-state index contributed by atoms with van der Waals surface area (Å²) in [5, 5.41) is 13.7. The van der Waals surface area contributed by atoms with E-state index in [0.717, 1.165) is 39.1 Å². The molecule has 236 valence electrons. The number of ether oxygens (including phenoxy) is 1. The van der Waals surface area contributed by atoms with Crippen molar-refractivity contribution in [1.82, 2.24) is 25.8 Å². The fraction of sp³-hybridized carbons (Fsp3) is 0.333. The summed E-state index contributed by atoms with van der Waals surface area (Å²) in [4.78, 5) is 44.6. The zero-order valence-electron chi connectivity index (χ0n) is 25.2. The molecule has 1 aromatic heterocycles. The van der Waals surface area contributed by atoms with Gasteiger partial charge in [0.15, 0.2) is 0 Å². The van der Waals surface area contributed by atoms with Crippen LogP contribution in [0.3, 0.4) is 0 Å². The molecule has 2 atom stereocenters. The molecule has 45 heavy (non-hydrogen) atoms. The number of fused-ring (bicyclic) bond motifs is 4. The van der Waals surface area contributed by atoms with Crippen molar-refractivity contribution < 1.29 is 24.0 Å². The molecule has 0 saturated carbocycles. The van der Waals surface area contributed by atoms with Crippen LogP contribution in [0, 0.1) is 6.54 Å². The van der Waals surface area contributed by atoms with E-state index >= 15 is 0 Å². The first kappa shape index (κ1) is 31.6. The van der Waals surface area contributed by atoms with Gasteiger partial charge in [0.25, 0.3) is 5.91 Å². The van der Waals surface area contributed by atoms with Crippen LogP contribution < -0.4 is 26.9 Å². The average molecular weight is 613 g/mol. The Kier molecular flexibility index (Phi) is 10.4. The van der Waals surface area contributed by atoms with Crippen LogP contribution in [-0.4, -0.2) is 58.9 Å². The smallest absolute Gasteiger partial charge is 0.483 e. The summed E-state index contributed by atoms with van der Waals surface area (Å²) < 4.78 is 5.62. The van der Waals surface area contributed by atoms with Crippen LogP contribution >= 0.6 is 0 Å². The summed E-state index contributed by atoms with van der Waals surface area (Å²) in [5.74, 6) is -0.559. The topological polar surface area (TPSA) is 176 Å². The minimum Gasteiger partial charge on any atom is -0.483 e. The van der Waals surface area contributed by atoms with Crippen molar-refractivity contribution >= 4 is 29.0 Å². The number of para-hydroxylation sites is 1. The number of aryl methyl sites for hydroxylation is 1. The number of nitrogens with one attached hydrogen (secondary N) is 2. The van der Waals surface area contributed by atoms with Gasteiger partial charge in [-0.15, -0.1) is 11.5 Å². The number of rotatable bonds is 14. The number of benzene rings is 3. The molecule has 0 spiro atoms. The van der Waals surface area contributed by atoms with Gasteiger partial charge in [-0.3, -0.25) is 21.0 Å². The predicted octanol–water partition coefficient (Wildman–Crippen LogP) is 3.23. The van der Waals surface area contributed by atoms with Gasteiger partial charge in [-0.05, 0) is 84.0 Å². The van der Waals surface area contributed by atoms with Gasteiger partial charge < -0.3 is 26.8 Å².